The van der Waals surface area contributed by atoms with Crippen molar-refractivity contribution >= 4 is 24.0 Å². The van der Waals surface area contributed by atoms with E-state index in [1.54, 1.807) is 0 Å². The molecular weight excluding hydrogens is 322 g/mol. The zero-order chi connectivity index (χ0) is 16.4. The fourth-order valence-electron chi connectivity index (χ4n) is 3.86. The highest BCUT2D eigenvalue weighted by Crippen LogP contribution is 2.25. The molecule has 1 amide bonds. The second-order valence-electron chi connectivity index (χ2n) is 7.11. The molecule has 2 heterocycles. The number of benzene rings is 1. The van der Waals surface area contributed by atoms with E-state index < -0.39 is 0 Å². The summed E-state index contributed by atoms with van der Waals surface area (Å²) in [7, 11) is 0. The fourth-order valence-corrected chi connectivity index (χ4v) is 3.86. The summed E-state index contributed by atoms with van der Waals surface area (Å²) in [5.41, 5.74) is 4.02. The molecule has 1 N–H and O–H groups in total. The van der Waals surface area contributed by atoms with Gasteiger partial charge in [-0.3, -0.25) is 4.79 Å². The van der Waals surface area contributed by atoms with E-state index in [0.29, 0.717) is 11.9 Å². The lowest BCUT2D eigenvalue weighted by Crippen LogP contribution is -2.52. The zero-order valence-electron chi connectivity index (χ0n) is 15.0. The molecule has 134 valence electrons. The van der Waals surface area contributed by atoms with Crippen molar-refractivity contribution < 1.29 is 4.79 Å². The van der Waals surface area contributed by atoms with Crippen LogP contribution in [0.25, 0.3) is 0 Å². The number of hydrogen-bond donors (Lipinski definition) is 1. The molecule has 24 heavy (non-hydrogen) atoms. The smallest absolute Gasteiger partial charge is 0.225 e. The topological polar surface area (TPSA) is 35.6 Å². The molecule has 5 heteroatoms. The molecule has 2 atom stereocenters. The third kappa shape index (κ3) is 4.04. The fraction of sp³-hybridized carbons (Fsp3) is 0.632. The Morgan fingerprint density at radius 3 is 2.54 bits per heavy atom. The Morgan fingerprint density at radius 1 is 1.17 bits per heavy atom. The predicted octanol–water partition coefficient (Wildman–Crippen LogP) is 2.76. The van der Waals surface area contributed by atoms with Crippen LogP contribution in [0.1, 0.15) is 30.9 Å². The highest BCUT2D eigenvalue weighted by molar-refractivity contribution is 5.85. The minimum atomic E-state index is 0. The number of carbonyl (C=O) groups is 1. The minimum absolute atomic E-state index is 0. The van der Waals surface area contributed by atoms with Crippen LogP contribution in [0.15, 0.2) is 18.2 Å². The average Bonchev–Trinajstić information content (AvgIpc) is 2.57. The molecule has 4 nitrogen and oxygen atoms in total. The summed E-state index contributed by atoms with van der Waals surface area (Å²) in [6.45, 7) is 11.1. The lowest BCUT2D eigenvalue weighted by molar-refractivity contribution is -0.137. The van der Waals surface area contributed by atoms with Crippen molar-refractivity contribution in [3.8, 4) is 0 Å². The van der Waals surface area contributed by atoms with Crippen LogP contribution < -0.4 is 10.2 Å². The first-order chi connectivity index (χ1) is 11.1. The summed E-state index contributed by atoms with van der Waals surface area (Å²) in [5, 5.41) is 3.43. The number of anilines is 1. The molecule has 2 aliphatic rings. The van der Waals surface area contributed by atoms with Gasteiger partial charge in [-0.1, -0.05) is 12.1 Å². The van der Waals surface area contributed by atoms with Crippen molar-refractivity contribution in [2.45, 2.75) is 39.7 Å². The Bertz CT molecular complexity index is 570. The van der Waals surface area contributed by atoms with Gasteiger partial charge in [0.2, 0.25) is 5.91 Å². The van der Waals surface area contributed by atoms with Crippen LogP contribution in [0, 0.1) is 19.8 Å². The van der Waals surface area contributed by atoms with Crippen LogP contribution in [-0.4, -0.2) is 49.6 Å². The van der Waals surface area contributed by atoms with Crippen molar-refractivity contribution in [1.82, 2.24) is 10.2 Å². The lowest BCUT2D eigenvalue weighted by Gasteiger charge is -2.39. The van der Waals surface area contributed by atoms with E-state index >= 15 is 0 Å². The summed E-state index contributed by atoms with van der Waals surface area (Å²) in [6, 6.07) is 6.96. The van der Waals surface area contributed by atoms with Crippen LogP contribution >= 0.6 is 12.4 Å². The summed E-state index contributed by atoms with van der Waals surface area (Å²) in [6.07, 6.45) is 1.97. The maximum Gasteiger partial charge on any atom is 0.225 e. The van der Waals surface area contributed by atoms with Crippen LogP contribution in [0.5, 0.6) is 0 Å². The maximum absolute atomic E-state index is 12.7. The summed E-state index contributed by atoms with van der Waals surface area (Å²) in [5.74, 6) is 0.595. The number of rotatable bonds is 2. The Hall–Kier alpha value is -1.26. The first-order valence-electron chi connectivity index (χ1n) is 8.89. The molecule has 0 spiro atoms. The van der Waals surface area contributed by atoms with Crippen LogP contribution in [0.4, 0.5) is 5.69 Å². The Morgan fingerprint density at radius 2 is 1.88 bits per heavy atom. The summed E-state index contributed by atoms with van der Waals surface area (Å²) >= 11 is 0. The van der Waals surface area contributed by atoms with Gasteiger partial charge in [0.05, 0.1) is 0 Å². The van der Waals surface area contributed by atoms with Gasteiger partial charge >= 0.3 is 0 Å². The van der Waals surface area contributed by atoms with Crippen LogP contribution in [0.3, 0.4) is 0 Å². The van der Waals surface area contributed by atoms with Gasteiger partial charge < -0.3 is 15.1 Å². The van der Waals surface area contributed by atoms with Crippen molar-refractivity contribution in [3.63, 3.8) is 0 Å². The van der Waals surface area contributed by atoms with E-state index in [1.165, 1.54) is 16.8 Å². The first kappa shape index (κ1) is 19.1. The molecule has 0 saturated carbocycles. The number of halogens is 1. The van der Waals surface area contributed by atoms with Gasteiger partial charge in [-0.2, -0.15) is 0 Å². The number of hydrogen-bond acceptors (Lipinski definition) is 3. The highest BCUT2D eigenvalue weighted by Gasteiger charge is 2.30. The molecule has 1 aromatic carbocycles. The second kappa shape index (κ2) is 8.21. The summed E-state index contributed by atoms with van der Waals surface area (Å²) in [4.78, 5) is 17.3. The number of nitrogens with one attached hydrogen (secondary N) is 1. The van der Waals surface area contributed by atoms with E-state index in [0.717, 1.165) is 45.6 Å². The van der Waals surface area contributed by atoms with E-state index in [1.807, 2.05) is 0 Å². The zero-order valence-corrected chi connectivity index (χ0v) is 15.9. The number of piperidine rings is 1. The van der Waals surface area contributed by atoms with Gasteiger partial charge in [0.15, 0.2) is 0 Å². The average molecular weight is 352 g/mol. The summed E-state index contributed by atoms with van der Waals surface area (Å²) < 4.78 is 0. The number of piperazine rings is 1. The Balaban J connectivity index is 0.00000208. The molecule has 0 aliphatic carbocycles. The second-order valence-corrected chi connectivity index (χ2v) is 7.11. The molecule has 0 aromatic heterocycles. The van der Waals surface area contributed by atoms with Crippen LogP contribution in [-0.2, 0) is 4.79 Å². The number of amides is 1. The van der Waals surface area contributed by atoms with E-state index in [2.05, 4.69) is 54.1 Å². The lowest BCUT2D eigenvalue weighted by atomic mass is 9.92. The predicted molar refractivity (Wildman–Crippen MR) is 102 cm³/mol. The van der Waals surface area contributed by atoms with Crippen molar-refractivity contribution in [1.29, 1.82) is 0 Å². The first-order valence-corrected chi connectivity index (χ1v) is 8.89. The Kier molecular flexibility index (Phi) is 6.53. The van der Waals surface area contributed by atoms with Crippen molar-refractivity contribution in [2.24, 2.45) is 5.92 Å². The quantitative estimate of drug-likeness (QED) is 0.890. The van der Waals surface area contributed by atoms with Crippen molar-refractivity contribution in [3.05, 3.63) is 29.3 Å². The molecule has 0 radical (unpaired) electrons. The SMILES string of the molecule is Cc1cccc(N2CCN(C(=O)[C@H]3CCN[C@@H](C)C3)CC2)c1C.Cl. The molecule has 0 unspecified atom stereocenters. The van der Waals surface area contributed by atoms with E-state index in [-0.39, 0.29) is 18.3 Å². The van der Waals surface area contributed by atoms with E-state index in [9.17, 15) is 4.79 Å². The third-order valence-corrected chi connectivity index (χ3v) is 5.48. The van der Waals surface area contributed by atoms with Crippen LogP contribution in [0.2, 0.25) is 0 Å². The molecule has 2 aliphatic heterocycles. The largest absolute Gasteiger partial charge is 0.368 e. The van der Waals surface area contributed by atoms with Gasteiger partial charge in [0.1, 0.15) is 0 Å². The highest BCUT2D eigenvalue weighted by atomic mass is 35.5. The third-order valence-electron chi connectivity index (χ3n) is 5.48. The van der Waals surface area contributed by atoms with Crippen molar-refractivity contribution in [2.75, 3.05) is 37.6 Å². The minimum Gasteiger partial charge on any atom is -0.368 e. The number of carbonyl (C=O) groups excluding carboxylic acids is 1. The van der Waals surface area contributed by atoms with Gasteiger partial charge in [-0.25, -0.2) is 0 Å². The monoisotopic (exact) mass is 351 g/mol. The molecular formula is C19H30ClN3O. The number of nitrogens with zero attached hydrogens (tertiary/aromatic N) is 2. The molecule has 2 fully saturated rings. The molecule has 2 saturated heterocycles. The van der Waals surface area contributed by atoms with Gasteiger partial charge in [-0.15, -0.1) is 12.4 Å². The Labute approximate surface area is 152 Å². The standard InChI is InChI=1S/C19H29N3O.ClH/c1-14-5-4-6-18(16(14)3)21-9-11-22(12-10-21)19(23)17-7-8-20-15(2)13-17;/h4-6,15,17,20H,7-13H2,1-3H3;1H/t15-,17-;/m0./s1. The van der Waals surface area contributed by atoms with Gasteiger partial charge in [0, 0.05) is 43.8 Å². The normalized spacial score (nSPS) is 24.5. The molecule has 0 bridgehead atoms. The van der Waals surface area contributed by atoms with E-state index in [4.69, 9.17) is 0 Å². The molecule has 1 aromatic rings. The molecule has 3 rings (SSSR count). The number of aryl methyl sites for hydroxylation is 1. The maximum atomic E-state index is 12.7. The van der Waals surface area contributed by atoms with Gasteiger partial charge in [0.25, 0.3) is 0 Å². The van der Waals surface area contributed by atoms with Gasteiger partial charge in [-0.05, 0) is 57.4 Å².